The van der Waals surface area contributed by atoms with Crippen LogP contribution in [0.2, 0.25) is 0 Å². The van der Waals surface area contributed by atoms with Crippen molar-refractivity contribution in [2.45, 2.75) is 6.92 Å². The van der Waals surface area contributed by atoms with Gasteiger partial charge in [-0.15, -0.1) is 0 Å². The van der Waals surface area contributed by atoms with Gasteiger partial charge in [-0.2, -0.15) is 0 Å². The number of nitrogen functional groups attached to an aromatic ring is 1. The Balaban J connectivity index is 0.000001000. The summed E-state index contributed by atoms with van der Waals surface area (Å²) in [6.07, 6.45) is 0. The number of Topliss-reactive ketones (excluding diaryl/α,β-unsaturated/α-hetero) is 1. The van der Waals surface area contributed by atoms with Gasteiger partial charge in [-0.05, 0) is 31.2 Å². The number of ketones is 1. The van der Waals surface area contributed by atoms with Gasteiger partial charge in [0.2, 0.25) is 0 Å². The molecule has 58 valence electrons. The molecular weight excluding hydrogens is 254 g/mol. The van der Waals surface area contributed by atoms with Crippen LogP contribution in [0.1, 0.15) is 17.3 Å². The van der Waals surface area contributed by atoms with Crippen molar-refractivity contribution >= 4 is 35.1 Å². The third kappa shape index (κ3) is 2.92. The number of hydrogen-bond acceptors (Lipinski definition) is 2. The molecule has 2 radical (unpaired) electrons. The summed E-state index contributed by atoms with van der Waals surface area (Å²) < 4.78 is 0. The monoisotopic (exact) mass is 265 g/mol. The quantitative estimate of drug-likeness (QED) is 0.468. The summed E-state index contributed by atoms with van der Waals surface area (Å²) in [6.45, 7) is 1.53. The average Bonchev–Trinajstić information content (AvgIpc) is 1.88. The first-order valence-corrected chi connectivity index (χ1v) is 3.06. The fourth-order valence-corrected chi connectivity index (χ4v) is 0.718. The summed E-state index contributed by atoms with van der Waals surface area (Å²) in [6, 6.07) is 6.88. The third-order valence-corrected chi connectivity index (χ3v) is 1.32. The first-order valence-electron chi connectivity index (χ1n) is 3.06. The minimum atomic E-state index is 0. The Bertz CT molecular complexity index is 243. The number of nitrogens with two attached hydrogens (primary N) is 1. The summed E-state index contributed by atoms with van der Waals surface area (Å²) in [5.74, 6) is 0.0694. The Morgan fingerprint density at radius 3 is 2.09 bits per heavy atom. The number of carbonyl (C=O) groups excluding carboxylic acids is 1. The van der Waals surface area contributed by atoms with Crippen LogP contribution in [0.15, 0.2) is 24.3 Å². The molecule has 0 spiro atoms. The van der Waals surface area contributed by atoms with Crippen molar-refractivity contribution in [2.75, 3.05) is 5.73 Å². The zero-order valence-corrected chi connectivity index (χ0v) is 8.53. The zero-order valence-electron chi connectivity index (χ0n) is 6.20. The van der Waals surface area contributed by atoms with E-state index in [9.17, 15) is 4.79 Å². The van der Waals surface area contributed by atoms with Gasteiger partial charge >= 0.3 is 0 Å². The van der Waals surface area contributed by atoms with Gasteiger partial charge in [0.15, 0.2) is 5.78 Å². The largest absolute Gasteiger partial charge is 0.399 e. The maximum Gasteiger partial charge on any atom is 0.159 e. The number of benzene rings is 1. The fraction of sp³-hybridized carbons (Fsp3) is 0.125. The van der Waals surface area contributed by atoms with E-state index in [1.165, 1.54) is 6.92 Å². The Morgan fingerprint density at radius 2 is 1.73 bits per heavy atom. The fourth-order valence-electron chi connectivity index (χ4n) is 0.718. The van der Waals surface area contributed by atoms with Gasteiger partial charge < -0.3 is 5.73 Å². The molecule has 0 fully saturated rings. The van der Waals surface area contributed by atoms with Crippen molar-refractivity contribution in [1.29, 1.82) is 0 Å². The van der Waals surface area contributed by atoms with Gasteiger partial charge in [0.1, 0.15) is 0 Å². The van der Waals surface area contributed by atoms with Crippen molar-refractivity contribution < 1.29 is 4.79 Å². The predicted octanol–water partition coefficient (Wildman–Crippen LogP) is 1.09. The first kappa shape index (κ1) is 10.5. The van der Waals surface area contributed by atoms with Crippen LogP contribution in [0.3, 0.4) is 0 Å². The third-order valence-electron chi connectivity index (χ3n) is 1.32. The molecule has 0 bridgehead atoms. The molecule has 0 aliphatic heterocycles. The number of anilines is 1. The van der Waals surface area contributed by atoms with Gasteiger partial charge in [-0.3, -0.25) is 4.79 Å². The Hall–Kier alpha value is -0.520. The van der Waals surface area contributed by atoms with E-state index in [1.54, 1.807) is 24.3 Å². The van der Waals surface area contributed by atoms with Crippen molar-refractivity contribution in [3.8, 4) is 0 Å². The van der Waals surface area contributed by atoms with E-state index in [0.717, 1.165) is 0 Å². The summed E-state index contributed by atoms with van der Waals surface area (Å²) in [5, 5.41) is 0. The summed E-state index contributed by atoms with van der Waals surface area (Å²) in [7, 11) is 0. The summed E-state index contributed by atoms with van der Waals surface area (Å²) >= 11 is 0. The van der Waals surface area contributed by atoms with Crippen LogP contribution in [-0.2, 0) is 0 Å². The van der Waals surface area contributed by atoms with Crippen LogP contribution < -0.4 is 5.73 Å². The SMILES string of the molecule is CC(=O)c1ccc(N)cc1.[Te]. The molecular formula is C8H9NOTe. The standard InChI is InChI=1S/C8H9NO.Te/c1-6(10)7-2-4-8(9)5-3-7;/h2-5H,9H2,1H3;. The Kier molecular flexibility index (Phi) is 4.17. The Labute approximate surface area is 82.5 Å². The second kappa shape index (κ2) is 4.38. The van der Waals surface area contributed by atoms with Crippen LogP contribution in [0.25, 0.3) is 0 Å². The normalized spacial score (nSPS) is 8.45. The molecule has 0 aliphatic rings. The molecule has 0 aromatic heterocycles. The summed E-state index contributed by atoms with van der Waals surface area (Å²) in [4.78, 5) is 10.7. The van der Waals surface area contributed by atoms with Crippen LogP contribution in [0.5, 0.6) is 0 Å². The van der Waals surface area contributed by atoms with Crippen LogP contribution in [0.4, 0.5) is 5.69 Å². The molecule has 2 nitrogen and oxygen atoms in total. The van der Waals surface area contributed by atoms with Gasteiger partial charge in [0.05, 0.1) is 0 Å². The molecule has 0 saturated heterocycles. The molecule has 0 saturated carbocycles. The van der Waals surface area contributed by atoms with Crippen LogP contribution in [0, 0.1) is 0 Å². The molecule has 0 unspecified atom stereocenters. The van der Waals surface area contributed by atoms with Gasteiger partial charge in [0, 0.05) is 34.9 Å². The molecule has 11 heavy (non-hydrogen) atoms. The molecule has 1 aromatic rings. The van der Waals surface area contributed by atoms with Crippen LogP contribution in [-0.4, -0.2) is 29.4 Å². The van der Waals surface area contributed by atoms with E-state index >= 15 is 0 Å². The van der Waals surface area contributed by atoms with E-state index < -0.39 is 0 Å². The second-order valence-electron chi connectivity index (χ2n) is 2.18. The van der Waals surface area contributed by atoms with Crippen molar-refractivity contribution in [1.82, 2.24) is 0 Å². The maximum absolute atomic E-state index is 10.7. The van der Waals surface area contributed by atoms with Crippen molar-refractivity contribution in [3.63, 3.8) is 0 Å². The average molecular weight is 263 g/mol. The van der Waals surface area contributed by atoms with Crippen molar-refractivity contribution in [3.05, 3.63) is 29.8 Å². The second-order valence-corrected chi connectivity index (χ2v) is 2.18. The minimum Gasteiger partial charge on any atom is -0.399 e. The molecule has 0 heterocycles. The maximum atomic E-state index is 10.7. The molecule has 1 rings (SSSR count). The molecule has 0 atom stereocenters. The van der Waals surface area contributed by atoms with E-state index in [0.29, 0.717) is 11.3 Å². The molecule has 0 aliphatic carbocycles. The topological polar surface area (TPSA) is 43.1 Å². The van der Waals surface area contributed by atoms with Crippen LogP contribution >= 0.6 is 0 Å². The van der Waals surface area contributed by atoms with E-state index in [4.69, 9.17) is 5.73 Å². The molecule has 3 heteroatoms. The number of hydrogen-bond donors (Lipinski definition) is 1. The van der Waals surface area contributed by atoms with Gasteiger partial charge in [-0.1, -0.05) is 0 Å². The molecule has 0 amide bonds. The van der Waals surface area contributed by atoms with E-state index in [-0.39, 0.29) is 29.4 Å². The number of rotatable bonds is 1. The molecule has 2 N–H and O–H groups in total. The van der Waals surface area contributed by atoms with Crippen molar-refractivity contribution in [2.24, 2.45) is 0 Å². The minimum absolute atomic E-state index is 0. The summed E-state index contributed by atoms with van der Waals surface area (Å²) in [5.41, 5.74) is 6.80. The van der Waals surface area contributed by atoms with E-state index in [1.807, 2.05) is 0 Å². The Morgan fingerprint density at radius 1 is 1.27 bits per heavy atom. The van der Waals surface area contributed by atoms with Gasteiger partial charge in [0.25, 0.3) is 0 Å². The molecule has 1 aromatic carbocycles. The smallest absolute Gasteiger partial charge is 0.159 e. The zero-order chi connectivity index (χ0) is 7.56. The predicted molar refractivity (Wildman–Crippen MR) is 46.6 cm³/mol. The van der Waals surface area contributed by atoms with Gasteiger partial charge in [-0.25, -0.2) is 0 Å². The van der Waals surface area contributed by atoms with E-state index in [2.05, 4.69) is 0 Å². The first-order chi connectivity index (χ1) is 4.70. The number of carbonyl (C=O) groups is 1.